The maximum Gasteiger partial charge on any atom is 0.256 e. The summed E-state index contributed by atoms with van der Waals surface area (Å²) in [6, 6.07) is 23.1. The summed E-state index contributed by atoms with van der Waals surface area (Å²) in [4.78, 5) is 18.7. The molecule has 0 spiro atoms. The summed E-state index contributed by atoms with van der Waals surface area (Å²) in [5.41, 5.74) is 3.56. The molecular formula is C26H21ClN2O3S2. The molecule has 0 saturated carbocycles. The van der Waals surface area contributed by atoms with E-state index < -0.39 is 9.84 Å². The van der Waals surface area contributed by atoms with Gasteiger partial charge in [0.25, 0.3) is 5.91 Å². The van der Waals surface area contributed by atoms with Crippen molar-refractivity contribution in [2.75, 3.05) is 17.8 Å². The van der Waals surface area contributed by atoms with Crippen molar-refractivity contribution in [3.8, 4) is 22.4 Å². The summed E-state index contributed by atoms with van der Waals surface area (Å²) in [5.74, 6) is -0.352. The number of thioether (sulfide) groups is 1. The molecule has 0 unspecified atom stereocenters. The SMILES string of the molecule is CSc1ccc(C(=O)Nc2cccc(-c3ccccn3)c2)c(-c2ccc(Cl)cc2S(C)(=O)=O)c1. The van der Waals surface area contributed by atoms with E-state index in [-0.39, 0.29) is 10.8 Å². The molecule has 0 bridgehead atoms. The van der Waals surface area contributed by atoms with Gasteiger partial charge in [-0.05, 0) is 66.4 Å². The first-order valence-corrected chi connectivity index (χ1v) is 13.8. The van der Waals surface area contributed by atoms with Gasteiger partial charge in [-0.3, -0.25) is 9.78 Å². The van der Waals surface area contributed by atoms with Crippen LogP contribution in [0.4, 0.5) is 5.69 Å². The fourth-order valence-electron chi connectivity index (χ4n) is 3.58. The number of hydrogen-bond donors (Lipinski definition) is 1. The summed E-state index contributed by atoms with van der Waals surface area (Å²) < 4.78 is 25.0. The molecule has 0 radical (unpaired) electrons. The van der Waals surface area contributed by atoms with Crippen molar-refractivity contribution in [1.82, 2.24) is 4.98 Å². The first-order valence-electron chi connectivity index (χ1n) is 10.3. The molecule has 4 aromatic rings. The minimum atomic E-state index is -3.59. The molecule has 4 rings (SSSR count). The Kier molecular flexibility index (Phi) is 7.07. The van der Waals surface area contributed by atoms with Crippen LogP contribution in [0.15, 0.2) is 94.9 Å². The second-order valence-electron chi connectivity index (χ2n) is 7.57. The van der Waals surface area contributed by atoms with E-state index in [1.54, 1.807) is 30.5 Å². The van der Waals surface area contributed by atoms with Crippen LogP contribution in [0, 0.1) is 0 Å². The lowest BCUT2D eigenvalue weighted by Gasteiger charge is -2.15. The molecule has 172 valence electrons. The van der Waals surface area contributed by atoms with Crippen molar-refractivity contribution in [3.05, 3.63) is 95.6 Å². The number of anilines is 1. The number of amides is 1. The highest BCUT2D eigenvalue weighted by Gasteiger charge is 2.21. The molecule has 1 N–H and O–H groups in total. The Hall–Kier alpha value is -3.13. The van der Waals surface area contributed by atoms with Crippen LogP contribution in [0.2, 0.25) is 5.02 Å². The van der Waals surface area contributed by atoms with Crippen LogP contribution < -0.4 is 5.32 Å². The average molecular weight is 509 g/mol. The summed E-state index contributed by atoms with van der Waals surface area (Å²) in [6.07, 6.45) is 4.76. The van der Waals surface area contributed by atoms with E-state index >= 15 is 0 Å². The minimum Gasteiger partial charge on any atom is -0.322 e. The van der Waals surface area contributed by atoms with Crippen molar-refractivity contribution in [1.29, 1.82) is 0 Å². The van der Waals surface area contributed by atoms with Gasteiger partial charge >= 0.3 is 0 Å². The third kappa shape index (κ3) is 5.33. The van der Waals surface area contributed by atoms with Gasteiger partial charge in [-0.15, -0.1) is 11.8 Å². The lowest BCUT2D eigenvalue weighted by Crippen LogP contribution is -2.14. The van der Waals surface area contributed by atoms with Gasteiger partial charge in [-0.1, -0.05) is 35.9 Å². The van der Waals surface area contributed by atoms with E-state index in [1.807, 2.05) is 54.8 Å². The predicted molar refractivity (Wildman–Crippen MR) is 139 cm³/mol. The van der Waals surface area contributed by atoms with Gasteiger partial charge in [0.15, 0.2) is 9.84 Å². The van der Waals surface area contributed by atoms with E-state index in [1.165, 1.54) is 17.8 Å². The highest BCUT2D eigenvalue weighted by molar-refractivity contribution is 7.98. The number of pyridine rings is 1. The topological polar surface area (TPSA) is 76.1 Å². The van der Waals surface area contributed by atoms with E-state index in [9.17, 15) is 13.2 Å². The third-order valence-corrected chi connectivity index (χ3v) is 7.28. The van der Waals surface area contributed by atoms with E-state index in [4.69, 9.17) is 11.6 Å². The normalized spacial score (nSPS) is 11.3. The van der Waals surface area contributed by atoms with Gasteiger partial charge in [0, 0.05) is 44.7 Å². The lowest BCUT2D eigenvalue weighted by molar-refractivity contribution is 0.102. The van der Waals surface area contributed by atoms with Crippen molar-refractivity contribution < 1.29 is 13.2 Å². The van der Waals surface area contributed by atoms with E-state index in [2.05, 4.69) is 10.3 Å². The predicted octanol–water partition coefficient (Wildman–Crippen LogP) is 6.45. The number of rotatable bonds is 6. The molecule has 34 heavy (non-hydrogen) atoms. The molecule has 1 amide bonds. The second-order valence-corrected chi connectivity index (χ2v) is 10.9. The van der Waals surface area contributed by atoms with Crippen LogP contribution in [0.25, 0.3) is 22.4 Å². The summed E-state index contributed by atoms with van der Waals surface area (Å²) >= 11 is 7.59. The maximum absolute atomic E-state index is 13.4. The first kappa shape index (κ1) is 24.0. The van der Waals surface area contributed by atoms with Crippen molar-refractivity contribution in [3.63, 3.8) is 0 Å². The molecule has 1 heterocycles. The number of sulfone groups is 1. The molecule has 0 saturated heterocycles. The van der Waals surface area contributed by atoms with E-state index in [0.717, 1.165) is 22.4 Å². The Labute approximate surface area is 208 Å². The van der Waals surface area contributed by atoms with Gasteiger partial charge < -0.3 is 5.32 Å². The zero-order valence-electron chi connectivity index (χ0n) is 18.4. The molecule has 5 nitrogen and oxygen atoms in total. The quantitative estimate of drug-likeness (QED) is 0.303. The smallest absolute Gasteiger partial charge is 0.256 e. The summed E-state index contributed by atoms with van der Waals surface area (Å²) in [7, 11) is -3.59. The van der Waals surface area contributed by atoms with E-state index in [0.29, 0.717) is 27.4 Å². The second kappa shape index (κ2) is 10.0. The molecule has 0 aliphatic rings. The molecule has 0 aliphatic carbocycles. The lowest BCUT2D eigenvalue weighted by atomic mass is 9.99. The Morgan fingerprint density at radius 1 is 0.941 bits per heavy atom. The number of benzene rings is 3. The molecule has 1 aromatic heterocycles. The molecule has 0 atom stereocenters. The van der Waals surface area contributed by atoms with Crippen molar-refractivity contribution in [2.24, 2.45) is 0 Å². The minimum absolute atomic E-state index is 0.0736. The molecular weight excluding hydrogens is 488 g/mol. The first-order chi connectivity index (χ1) is 16.3. The van der Waals surface area contributed by atoms with Crippen LogP contribution in [0.5, 0.6) is 0 Å². The summed E-state index contributed by atoms with van der Waals surface area (Å²) in [6.45, 7) is 0. The highest BCUT2D eigenvalue weighted by Crippen LogP contribution is 2.35. The molecule has 8 heteroatoms. The van der Waals surface area contributed by atoms with Crippen LogP contribution in [0.1, 0.15) is 10.4 Å². The number of nitrogens with zero attached hydrogens (tertiary/aromatic N) is 1. The van der Waals surface area contributed by atoms with Gasteiger partial charge in [0.1, 0.15) is 0 Å². The van der Waals surface area contributed by atoms with Crippen LogP contribution in [-0.4, -0.2) is 31.8 Å². The van der Waals surface area contributed by atoms with Gasteiger partial charge in [-0.2, -0.15) is 0 Å². The Morgan fingerprint density at radius 3 is 2.47 bits per heavy atom. The van der Waals surface area contributed by atoms with Crippen molar-refractivity contribution in [2.45, 2.75) is 9.79 Å². The standard InChI is InChI=1S/C26H21ClN2O3S2/c1-33-20-10-12-22(23(16-20)21-11-9-18(27)15-25(21)34(2,31)32)26(30)29-19-7-5-6-17(14-19)24-8-3-4-13-28-24/h3-16H,1-2H3,(H,29,30). The number of carbonyl (C=O) groups is 1. The Bertz CT molecular complexity index is 1470. The number of aromatic nitrogens is 1. The number of halogens is 1. The monoisotopic (exact) mass is 508 g/mol. The molecule has 0 fully saturated rings. The van der Waals surface area contributed by atoms with Crippen molar-refractivity contribution >= 4 is 44.8 Å². The van der Waals surface area contributed by atoms with Crippen LogP contribution >= 0.6 is 23.4 Å². The average Bonchev–Trinajstić information content (AvgIpc) is 2.84. The zero-order valence-corrected chi connectivity index (χ0v) is 20.8. The Balaban J connectivity index is 1.77. The maximum atomic E-state index is 13.4. The van der Waals surface area contributed by atoms with Gasteiger partial charge in [0.05, 0.1) is 10.6 Å². The van der Waals surface area contributed by atoms with Gasteiger partial charge in [-0.25, -0.2) is 8.42 Å². The number of carbonyl (C=O) groups excluding carboxylic acids is 1. The zero-order chi connectivity index (χ0) is 24.3. The van der Waals surface area contributed by atoms with Gasteiger partial charge in [0.2, 0.25) is 0 Å². The molecule has 0 aliphatic heterocycles. The fraction of sp³-hybridized carbons (Fsp3) is 0.0769. The molecule has 3 aromatic carbocycles. The highest BCUT2D eigenvalue weighted by atomic mass is 35.5. The number of nitrogens with one attached hydrogen (secondary N) is 1. The van der Waals surface area contributed by atoms with Crippen LogP contribution in [0.3, 0.4) is 0 Å². The number of hydrogen-bond acceptors (Lipinski definition) is 5. The van der Waals surface area contributed by atoms with Crippen LogP contribution in [-0.2, 0) is 9.84 Å². The third-order valence-electron chi connectivity index (χ3n) is 5.19. The fourth-order valence-corrected chi connectivity index (χ4v) is 5.18. The largest absolute Gasteiger partial charge is 0.322 e. The Morgan fingerprint density at radius 2 is 1.76 bits per heavy atom. The summed E-state index contributed by atoms with van der Waals surface area (Å²) in [5, 5.41) is 3.24.